The maximum atomic E-state index is 7.65. The summed E-state index contributed by atoms with van der Waals surface area (Å²) in [6.45, 7) is 0. The second-order valence-corrected chi connectivity index (χ2v) is 0.732. The first kappa shape index (κ1) is 5.84. The second kappa shape index (κ2) is 2.09. The molecule has 0 aliphatic carbocycles. The van der Waals surface area contributed by atoms with Crippen molar-refractivity contribution in [2.75, 3.05) is 0 Å². The molecule has 0 aromatic heterocycles. The van der Waals surface area contributed by atoms with Gasteiger partial charge in [-0.2, -0.15) is 0 Å². The van der Waals surface area contributed by atoms with E-state index in [4.69, 9.17) is 20.4 Å². The lowest BCUT2D eigenvalue weighted by Gasteiger charge is -1.99. The average molecular weight is 93.1 g/mol. The van der Waals surface area contributed by atoms with Crippen molar-refractivity contribution in [2.24, 2.45) is 0 Å². The van der Waals surface area contributed by atoms with E-state index in [2.05, 4.69) is 0 Å². The van der Waals surface area contributed by atoms with Crippen molar-refractivity contribution in [3.63, 3.8) is 0 Å². The predicted molar refractivity (Wildman–Crippen MR) is 15.3 cm³/mol. The second-order valence-electron chi connectivity index (χ2n) is 0.732. The van der Waals surface area contributed by atoms with Gasteiger partial charge in [0.05, 0.1) is 0 Å². The van der Waals surface area contributed by atoms with E-state index >= 15 is 0 Å². The summed E-state index contributed by atoms with van der Waals surface area (Å²) < 4.78 is 0. The highest BCUT2D eigenvalue weighted by Gasteiger charge is 2.07. The molecule has 0 rings (SSSR count). The average Bonchev–Trinajstić information content (AvgIpc) is 1.36. The molecule has 4 nitrogen and oxygen atoms in total. The summed E-state index contributed by atoms with van der Waals surface area (Å²) in [6.07, 6.45) is -3.50. The summed E-state index contributed by atoms with van der Waals surface area (Å²) in [7, 11) is 0. The van der Waals surface area contributed by atoms with Crippen LogP contribution in [0.4, 0.5) is 0 Å². The highest BCUT2D eigenvalue weighted by Crippen LogP contribution is 1.88. The summed E-state index contributed by atoms with van der Waals surface area (Å²) in [5.41, 5.74) is 0. The lowest BCUT2D eigenvalue weighted by atomic mass is 10.6. The van der Waals surface area contributed by atoms with Crippen LogP contribution in [0.15, 0.2) is 0 Å². The smallest absolute Gasteiger partial charge is 0.276 e. The van der Waals surface area contributed by atoms with Crippen LogP contribution in [0.2, 0.25) is 0 Å². The molecule has 0 unspecified atom stereocenters. The number of aliphatic hydroxyl groups excluding tert-OH is 2. The topological polar surface area (TPSA) is 80.9 Å². The molecule has 4 heteroatoms. The van der Waals surface area contributed by atoms with Crippen molar-refractivity contribution in [1.82, 2.24) is 0 Å². The van der Waals surface area contributed by atoms with Crippen LogP contribution < -0.4 is 0 Å². The van der Waals surface area contributed by atoms with E-state index < -0.39 is 12.6 Å². The van der Waals surface area contributed by atoms with Crippen molar-refractivity contribution >= 4 is 0 Å². The maximum absolute atomic E-state index is 7.65. The van der Waals surface area contributed by atoms with Crippen LogP contribution in [-0.2, 0) is 0 Å². The highest BCUT2D eigenvalue weighted by atomic mass is 16.6. The molecule has 6 heavy (non-hydrogen) atoms. The minimum Gasteiger partial charge on any atom is -0.364 e. The Morgan fingerprint density at radius 3 is 1.33 bits per heavy atom. The molecular weight excluding hydrogens is 88.0 g/mol. The third-order valence-corrected chi connectivity index (χ3v) is 0.231. The molecule has 0 aromatic rings. The van der Waals surface area contributed by atoms with Crippen LogP contribution in [-0.4, -0.2) is 26.7 Å². The van der Waals surface area contributed by atoms with E-state index in [-0.39, 0.29) is 0 Å². The van der Waals surface area contributed by atoms with Crippen LogP contribution in [0.1, 0.15) is 0 Å². The summed E-state index contributed by atoms with van der Waals surface area (Å²) >= 11 is 0. The molecule has 0 heterocycles. The normalized spacial score (nSPS) is 11.0. The van der Waals surface area contributed by atoms with Gasteiger partial charge in [-0.3, -0.25) is 0 Å². The molecular formula is C2H5O4. The molecule has 4 N–H and O–H groups in total. The van der Waals surface area contributed by atoms with E-state index in [1.807, 2.05) is 0 Å². The first-order valence-electron chi connectivity index (χ1n) is 1.25. The molecule has 1 radical (unpaired) electrons. The Balaban J connectivity index is 2.99. The molecule has 0 saturated heterocycles. The van der Waals surface area contributed by atoms with Crippen molar-refractivity contribution in [3.05, 3.63) is 6.29 Å². The first-order valence-corrected chi connectivity index (χ1v) is 1.25. The Morgan fingerprint density at radius 2 is 1.33 bits per heavy atom. The fraction of sp³-hybridized carbons (Fsp3) is 0.500. The molecule has 0 fully saturated rings. The van der Waals surface area contributed by atoms with Gasteiger partial charge in [-0.15, -0.1) is 0 Å². The molecule has 0 saturated carbocycles. The quantitative estimate of drug-likeness (QED) is 0.298. The standard InChI is InChI=1S/C2H5O4/c3-1(4)2(5)6/h1,3-6H. The largest absolute Gasteiger partial charge is 0.364 e. The Labute approximate surface area is 34.3 Å². The predicted octanol–water partition coefficient (Wildman–Crippen LogP) is -1.47. The van der Waals surface area contributed by atoms with E-state index in [0.29, 0.717) is 0 Å². The molecule has 0 bridgehead atoms. The summed E-state index contributed by atoms with van der Waals surface area (Å²) in [5.74, 6) is 0. The summed E-state index contributed by atoms with van der Waals surface area (Å²) in [4.78, 5) is 0. The molecule has 0 aromatic carbocycles. The zero-order chi connectivity index (χ0) is 5.15. The molecule has 37 valence electrons. The molecule has 0 aliphatic rings. The van der Waals surface area contributed by atoms with Gasteiger partial charge in [0.1, 0.15) is 0 Å². The van der Waals surface area contributed by atoms with Crippen LogP contribution in [0, 0.1) is 6.29 Å². The van der Waals surface area contributed by atoms with Crippen molar-refractivity contribution in [2.45, 2.75) is 6.29 Å². The minimum atomic E-state index is -2.12. The van der Waals surface area contributed by atoms with Crippen molar-refractivity contribution in [3.8, 4) is 0 Å². The fourth-order valence-corrected chi connectivity index (χ4v) is 0. The number of hydrogen-bond acceptors (Lipinski definition) is 4. The van der Waals surface area contributed by atoms with Gasteiger partial charge in [0.15, 0.2) is 0 Å². The van der Waals surface area contributed by atoms with Gasteiger partial charge in [0.25, 0.3) is 6.29 Å². The molecule has 0 spiro atoms. The third kappa shape index (κ3) is 2.10. The highest BCUT2D eigenvalue weighted by molar-refractivity contribution is 4.56. The monoisotopic (exact) mass is 93.0 g/mol. The van der Waals surface area contributed by atoms with E-state index in [0.717, 1.165) is 0 Å². The van der Waals surface area contributed by atoms with Crippen LogP contribution in [0.5, 0.6) is 0 Å². The first-order chi connectivity index (χ1) is 2.64. The minimum absolute atomic E-state index is 1.38. The van der Waals surface area contributed by atoms with Gasteiger partial charge in [-0.05, 0) is 0 Å². The summed E-state index contributed by atoms with van der Waals surface area (Å²) in [6, 6.07) is 0. The lowest BCUT2D eigenvalue weighted by molar-refractivity contribution is -0.133. The fourth-order valence-electron chi connectivity index (χ4n) is 0. The Bertz CT molecular complexity index is 26.5. The Morgan fingerprint density at radius 1 is 1.17 bits per heavy atom. The Kier molecular flexibility index (Phi) is 2.04. The summed E-state index contributed by atoms with van der Waals surface area (Å²) in [5, 5.41) is 30.5. The maximum Gasteiger partial charge on any atom is 0.276 e. The molecule has 0 aliphatic heterocycles. The zero-order valence-corrected chi connectivity index (χ0v) is 2.87. The van der Waals surface area contributed by atoms with Crippen LogP contribution >= 0.6 is 0 Å². The van der Waals surface area contributed by atoms with E-state index in [1.54, 1.807) is 0 Å². The number of rotatable bonds is 1. The Hall–Kier alpha value is -0.160. The van der Waals surface area contributed by atoms with E-state index in [1.165, 1.54) is 0 Å². The lowest BCUT2D eigenvalue weighted by Crippen LogP contribution is -2.15. The van der Waals surface area contributed by atoms with Gasteiger partial charge in [-0.1, -0.05) is 0 Å². The van der Waals surface area contributed by atoms with Crippen molar-refractivity contribution < 1.29 is 20.4 Å². The van der Waals surface area contributed by atoms with Gasteiger partial charge in [0.2, 0.25) is 6.29 Å². The molecule has 0 atom stereocenters. The van der Waals surface area contributed by atoms with Gasteiger partial charge in [0, 0.05) is 0 Å². The van der Waals surface area contributed by atoms with E-state index in [9.17, 15) is 0 Å². The SMILES string of the molecule is O[C](O)C(O)O. The molecule has 0 amide bonds. The van der Waals surface area contributed by atoms with Crippen LogP contribution in [0.25, 0.3) is 0 Å². The van der Waals surface area contributed by atoms with Gasteiger partial charge < -0.3 is 20.4 Å². The van der Waals surface area contributed by atoms with Gasteiger partial charge in [-0.25, -0.2) is 0 Å². The van der Waals surface area contributed by atoms with Crippen molar-refractivity contribution in [1.29, 1.82) is 0 Å². The zero-order valence-electron chi connectivity index (χ0n) is 2.87. The van der Waals surface area contributed by atoms with Gasteiger partial charge >= 0.3 is 0 Å². The number of aliphatic hydroxyl groups is 4. The number of hydrogen-bond donors (Lipinski definition) is 4. The third-order valence-electron chi connectivity index (χ3n) is 0.231. The van der Waals surface area contributed by atoms with Crippen LogP contribution in [0.3, 0.4) is 0 Å².